The fourth-order valence-corrected chi connectivity index (χ4v) is 3.75. The average Bonchev–Trinajstić information content (AvgIpc) is 2.65. The van der Waals surface area contributed by atoms with Crippen LogP contribution in [0.25, 0.3) is 10.9 Å². The summed E-state index contributed by atoms with van der Waals surface area (Å²) in [6.45, 7) is 2.35. The Morgan fingerprint density at radius 2 is 2.04 bits per heavy atom. The van der Waals surface area contributed by atoms with Crippen molar-refractivity contribution in [3.63, 3.8) is 0 Å². The maximum absolute atomic E-state index is 12.8. The highest BCUT2D eigenvalue weighted by Gasteiger charge is 2.25. The Balaban J connectivity index is 0.00000243. The second kappa shape index (κ2) is 9.19. The van der Waals surface area contributed by atoms with Gasteiger partial charge in [0.25, 0.3) is 5.91 Å². The number of hydrogen-bond acceptors (Lipinski definition) is 4. The Labute approximate surface area is 161 Å². The molecule has 1 amide bonds. The third-order valence-electron chi connectivity index (χ3n) is 5.25. The normalized spacial score (nSPS) is 16.0. The summed E-state index contributed by atoms with van der Waals surface area (Å²) in [7, 11) is 1.63. The maximum atomic E-state index is 12.8. The van der Waals surface area contributed by atoms with Gasteiger partial charge in [-0.05, 0) is 43.9 Å². The van der Waals surface area contributed by atoms with E-state index < -0.39 is 0 Å². The molecule has 3 N–H and O–H groups in total. The molecule has 1 saturated carbocycles. The van der Waals surface area contributed by atoms with Crippen molar-refractivity contribution in [3.05, 3.63) is 35.5 Å². The van der Waals surface area contributed by atoms with Crippen molar-refractivity contribution >= 4 is 29.2 Å². The SMILES string of the molecule is COc1ccc2cc(C(=O)NC(CN)C3CCCCC3)c(C)nc2c1.Cl. The minimum absolute atomic E-state index is 0. The fourth-order valence-electron chi connectivity index (χ4n) is 3.75. The van der Waals surface area contributed by atoms with Crippen molar-refractivity contribution in [3.8, 4) is 5.75 Å². The zero-order valence-electron chi connectivity index (χ0n) is 15.5. The van der Waals surface area contributed by atoms with Crippen molar-refractivity contribution < 1.29 is 9.53 Å². The highest BCUT2D eigenvalue weighted by molar-refractivity contribution is 5.99. The number of aromatic nitrogens is 1. The number of nitrogens with one attached hydrogen (secondary N) is 1. The van der Waals surface area contributed by atoms with Crippen LogP contribution in [0.2, 0.25) is 0 Å². The summed E-state index contributed by atoms with van der Waals surface area (Å²) >= 11 is 0. The van der Waals surface area contributed by atoms with E-state index in [4.69, 9.17) is 10.5 Å². The smallest absolute Gasteiger partial charge is 0.253 e. The van der Waals surface area contributed by atoms with Crippen molar-refractivity contribution in [2.75, 3.05) is 13.7 Å². The van der Waals surface area contributed by atoms with E-state index in [9.17, 15) is 4.79 Å². The zero-order chi connectivity index (χ0) is 17.8. The van der Waals surface area contributed by atoms with Crippen molar-refractivity contribution in [2.45, 2.75) is 45.1 Å². The van der Waals surface area contributed by atoms with Crippen LogP contribution < -0.4 is 15.8 Å². The molecule has 1 aliphatic carbocycles. The molecule has 0 spiro atoms. The molecule has 1 unspecified atom stereocenters. The molecule has 2 aromatic rings. The number of hydrogen-bond donors (Lipinski definition) is 2. The number of halogens is 1. The molecular weight excluding hydrogens is 350 g/mol. The highest BCUT2D eigenvalue weighted by atomic mass is 35.5. The number of pyridine rings is 1. The Bertz CT molecular complexity index is 760. The van der Waals surface area contributed by atoms with Crippen LogP contribution in [-0.2, 0) is 0 Å². The van der Waals surface area contributed by atoms with Gasteiger partial charge in [0.05, 0.1) is 23.9 Å². The molecule has 26 heavy (non-hydrogen) atoms. The van der Waals surface area contributed by atoms with Crippen LogP contribution in [0.15, 0.2) is 24.3 Å². The summed E-state index contributed by atoms with van der Waals surface area (Å²) < 4.78 is 5.24. The number of nitrogens with zero attached hydrogens (tertiary/aromatic N) is 1. The number of aryl methyl sites for hydroxylation is 1. The number of amides is 1. The van der Waals surface area contributed by atoms with Crippen LogP contribution in [0.3, 0.4) is 0 Å². The standard InChI is InChI=1S/C20H27N3O2.ClH/c1-13-17(10-15-8-9-16(25-2)11-18(15)22-13)20(24)23-19(12-21)14-6-4-3-5-7-14;/h8-11,14,19H,3-7,12,21H2,1-2H3,(H,23,24);1H. The second-order valence-electron chi connectivity index (χ2n) is 6.89. The molecule has 1 atom stereocenters. The number of carbonyl (C=O) groups is 1. The molecule has 1 heterocycles. The van der Waals surface area contributed by atoms with Crippen LogP contribution in [0.1, 0.15) is 48.2 Å². The number of benzene rings is 1. The van der Waals surface area contributed by atoms with Crippen LogP contribution >= 0.6 is 12.4 Å². The van der Waals surface area contributed by atoms with E-state index in [-0.39, 0.29) is 24.4 Å². The molecule has 1 fully saturated rings. The van der Waals surface area contributed by atoms with Gasteiger partial charge in [-0.3, -0.25) is 9.78 Å². The van der Waals surface area contributed by atoms with E-state index in [0.717, 1.165) is 35.2 Å². The molecule has 0 bridgehead atoms. The first-order chi connectivity index (χ1) is 12.1. The minimum atomic E-state index is -0.0799. The van der Waals surface area contributed by atoms with Gasteiger partial charge in [0.15, 0.2) is 0 Å². The molecule has 6 heteroatoms. The van der Waals surface area contributed by atoms with Gasteiger partial charge in [-0.2, -0.15) is 0 Å². The lowest BCUT2D eigenvalue weighted by Gasteiger charge is -2.30. The van der Waals surface area contributed by atoms with E-state index in [0.29, 0.717) is 18.0 Å². The van der Waals surface area contributed by atoms with E-state index in [2.05, 4.69) is 10.3 Å². The molecule has 142 valence electrons. The lowest BCUT2D eigenvalue weighted by molar-refractivity contribution is 0.0914. The predicted octanol–water partition coefficient (Wildman–Crippen LogP) is 3.61. The maximum Gasteiger partial charge on any atom is 0.253 e. The van der Waals surface area contributed by atoms with Crippen LogP contribution in [0, 0.1) is 12.8 Å². The molecular formula is C20H28ClN3O2. The predicted molar refractivity (Wildman–Crippen MR) is 107 cm³/mol. The minimum Gasteiger partial charge on any atom is -0.497 e. The van der Waals surface area contributed by atoms with Crippen molar-refractivity contribution in [1.29, 1.82) is 0 Å². The van der Waals surface area contributed by atoms with Crippen LogP contribution in [0.5, 0.6) is 5.75 Å². The monoisotopic (exact) mass is 377 g/mol. The molecule has 0 saturated heterocycles. The molecule has 0 radical (unpaired) electrons. The first-order valence-electron chi connectivity index (χ1n) is 9.08. The van der Waals surface area contributed by atoms with E-state index >= 15 is 0 Å². The Hall–Kier alpha value is -1.85. The van der Waals surface area contributed by atoms with Gasteiger partial charge in [-0.1, -0.05) is 19.3 Å². The summed E-state index contributed by atoms with van der Waals surface area (Å²) in [5, 5.41) is 4.08. The fraction of sp³-hybridized carbons (Fsp3) is 0.500. The Morgan fingerprint density at radius 1 is 1.31 bits per heavy atom. The van der Waals surface area contributed by atoms with E-state index in [1.807, 2.05) is 31.2 Å². The summed E-state index contributed by atoms with van der Waals surface area (Å²) in [6, 6.07) is 7.64. The number of ether oxygens (including phenoxy) is 1. The third-order valence-corrected chi connectivity index (χ3v) is 5.25. The molecule has 1 aromatic heterocycles. The summed E-state index contributed by atoms with van der Waals surface area (Å²) in [6.07, 6.45) is 6.05. The van der Waals surface area contributed by atoms with E-state index in [1.54, 1.807) is 7.11 Å². The average molecular weight is 378 g/mol. The quantitative estimate of drug-likeness (QED) is 0.834. The highest BCUT2D eigenvalue weighted by Crippen LogP contribution is 2.27. The number of nitrogens with two attached hydrogens (primary N) is 1. The number of rotatable bonds is 5. The largest absolute Gasteiger partial charge is 0.497 e. The van der Waals surface area contributed by atoms with Gasteiger partial charge in [0.2, 0.25) is 0 Å². The lowest BCUT2D eigenvalue weighted by atomic mass is 9.84. The summed E-state index contributed by atoms with van der Waals surface area (Å²) in [4.78, 5) is 17.4. The first-order valence-corrected chi connectivity index (χ1v) is 9.08. The number of carbonyl (C=O) groups excluding carboxylic acids is 1. The van der Waals surface area contributed by atoms with Crippen LogP contribution in [-0.4, -0.2) is 30.6 Å². The Kier molecular flexibility index (Phi) is 7.23. The van der Waals surface area contributed by atoms with Gasteiger partial charge in [-0.15, -0.1) is 12.4 Å². The van der Waals surface area contributed by atoms with Gasteiger partial charge in [0.1, 0.15) is 5.75 Å². The topological polar surface area (TPSA) is 77.2 Å². The van der Waals surface area contributed by atoms with Crippen LogP contribution in [0.4, 0.5) is 0 Å². The summed E-state index contributed by atoms with van der Waals surface area (Å²) in [5.74, 6) is 1.17. The van der Waals surface area contributed by atoms with Gasteiger partial charge in [-0.25, -0.2) is 0 Å². The lowest BCUT2D eigenvalue weighted by Crippen LogP contribution is -2.46. The number of fused-ring (bicyclic) bond motifs is 1. The Morgan fingerprint density at radius 3 is 2.69 bits per heavy atom. The third kappa shape index (κ3) is 4.46. The first kappa shape index (κ1) is 20.5. The molecule has 3 rings (SSSR count). The molecule has 0 aliphatic heterocycles. The zero-order valence-corrected chi connectivity index (χ0v) is 16.3. The van der Waals surface area contributed by atoms with Gasteiger partial charge < -0.3 is 15.8 Å². The van der Waals surface area contributed by atoms with E-state index in [1.165, 1.54) is 19.3 Å². The van der Waals surface area contributed by atoms with Gasteiger partial charge in [0, 0.05) is 24.0 Å². The second-order valence-corrected chi connectivity index (χ2v) is 6.89. The number of methoxy groups -OCH3 is 1. The molecule has 5 nitrogen and oxygen atoms in total. The summed E-state index contributed by atoms with van der Waals surface area (Å²) in [5.41, 5.74) is 8.11. The van der Waals surface area contributed by atoms with Crippen molar-refractivity contribution in [1.82, 2.24) is 10.3 Å². The molecule has 1 aromatic carbocycles. The van der Waals surface area contributed by atoms with Gasteiger partial charge >= 0.3 is 0 Å². The van der Waals surface area contributed by atoms with Crippen molar-refractivity contribution in [2.24, 2.45) is 11.7 Å². The molecule has 1 aliphatic rings.